The Morgan fingerprint density at radius 1 is 1.42 bits per heavy atom. The summed E-state index contributed by atoms with van der Waals surface area (Å²) in [5.41, 5.74) is 1.28. The summed E-state index contributed by atoms with van der Waals surface area (Å²) in [6, 6.07) is 10.9. The molecule has 3 nitrogen and oxygen atoms in total. The number of ether oxygens (including phenoxy) is 1. The van der Waals surface area contributed by atoms with Gasteiger partial charge < -0.3 is 4.74 Å². The van der Waals surface area contributed by atoms with Gasteiger partial charge in [0.2, 0.25) is 0 Å². The van der Waals surface area contributed by atoms with Crippen LogP contribution in [0.1, 0.15) is 31.4 Å². The van der Waals surface area contributed by atoms with Gasteiger partial charge in [0.25, 0.3) is 0 Å². The zero-order chi connectivity index (χ0) is 13.7. The maximum atomic E-state index is 11.5. The van der Waals surface area contributed by atoms with E-state index in [1.54, 1.807) is 0 Å². The first-order chi connectivity index (χ1) is 9.22. The first kappa shape index (κ1) is 13.8. The molecule has 0 N–H and O–H groups in total. The molecule has 0 unspecified atom stereocenters. The van der Waals surface area contributed by atoms with Crippen molar-refractivity contribution in [1.82, 2.24) is 4.90 Å². The molecule has 3 heteroatoms. The molecule has 0 fully saturated rings. The predicted octanol–water partition coefficient (Wildman–Crippen LogP) is 2.94. The molecule has 0 spiro atoms. The molecule has 19 heavy (non-hydrogen) atoms. The van der Waals surface area contributed by atoms with Crippen molar-refractivity contribution >= 4 is 5.97 Å². The van der Waals surface area contributed by atoms with Crippen molar-refractivity contribution in [2.24, 2.45) is 0 Å². The van der Waals surface area contributed by atoms with Crippen LogP contribution in [-0.4, -0.2) is 30.6 Å². The van der Waals surface area contributed by atoms with Gasteiger partial charge in [-0.25, -0.2) is 0 Å². The van der Waals surface area contributed by atoms with E-state index < -0.39 is 0 Å². The summed E-state index contributed by atoms with van der Waals surface area (Å²) in [5.74, 6) is -0.151. The minimum absolute atomic E-state index is 0.136. The molecular formula is C16H21NO2. The SMILES string of the molecule is COC(=O)C[C@H]1C=CCCN1[C@H](C)c1ccccc1. The third kappa shape index (κ3) is 3.44. The highest BCUT2D eigenvalue weighted by atomic mass is 16.5. The van der Waals surface area contributed by atoms with Crippen molar-refractivity contribution in [2.75, 3.05) is 13.7 Å². The number of hydrogen-bond donors (Lipinski definition) is 0. The highest BCUT2D eigenvalue weighted by Crippen LogP contribution is 2.26. The molecule has 1 aliphatic heterocycles. The van der Waals surface area contributed by atoms with Gasteiger partial charge in [-0.1, -0.05) is 42.5 Å². The Kier molecular flexibility index (Phi) is 4.74. The van der Waals surface area contributed by atoms with Gasteiger partial charge in [-0.15, -0.1) is 0 Å². The van der Waals surface area contributed by atoms with Crippen molar-refractivity contribution in [3.05, 3.63) is 48.0 Å². The first-order valence-electron chi connectivity index (χ1n) is 6.76. The predicted molar refractivity (Wildman–Crippen MR) is 75.7 cm³/mol. The van der Waals surface area contributed by atoms with Crippen LogP contribution in [0.4, 0.5) is 0 Å². The quantitative estimate of drug-likeness (QED) is 0.615. The maximum absolute atomic E-state index is 11.5. The molecular weight excluding hydrogens is 238 g/mol. The van der Waals surface area contributed by atoms with E-state index in [1.807, 2.05) is 6.07 Å². The third-order valence-corrected chi connectivity index (χ3v) is 3.72. The second-order valence-corrected chi connectivity index (χ2v) is 4.89. The highest BCUT2D eigenvalue weighted by molar-refractivity contribution is 5.70. The lowest BCUT2D eigenvalue weighted by molar-refractivity contribution is -0.141. The van der Waals surface area contributed by atoms with Crippen molar-refractivity contribution in [3.8, 4) is 0 Å². The van der Waals surface area contributed by atoms with E-state index in [9.17, 15) is 4.79 Å². The lowest BCUT2D eigenvalue weighted by atomic mass is 10.00. The molecule has 0 aliphatic carbocycles. The van der Waals surface area contributed by atoms with Gasteiger partial charge in [-0.2, -0.15) is 0 Å². The van der Waals surface area contributed by atoms with E-state index in [2.05, 4.69) is 48.2 Å². The summed E-state index contributed by atoms with van der Waals surface area (Å²) < 4.78 is 4.79. The molecule has 0 saturated heterocycles. The van der Waals surface area contributed by atoms with Crippen molar-refractivity contribution < 1.29 is 9.53 Å². The number of carbonyl (C=O) groups excluding carboxylic acids is 1. The molecule has 0 aromatic heterocycles. The molecule has 0 amide bonds. The maximum Gasteiger partial charge on any atom is 0.307 e. The Labute approximate surface area is 114 Å². The van der Waals surface area contributed by atoms with Crippen LogP contribution >= 0.6 is 0 Å². The molecule has 102 valence electrons. The van der Waals surface area contributed by atoms with Crippen LogP contribution < -0.4 is 0 Å². The summed E-state index contributed by atoms with van der Waals surface area (Å²) in [6.45, 7) is 3.17. The van der Waals surface area contributed by atoms with Crippen LogP contribution in [0.15, 0.2) is 42.5 Å². The normalized spacial score (nSPS) is 21.1. The molecule has 2 rings (SSSR count). The molecule has 1 heterocycles. The van der Waals surface area contributed by atoms with Crippen LogP contribution in [-0.2, 0) is 9.53 Å². The Balaban J connectivity index is 2.12. The standard InChI is InChI=1S/C16H21NO2/c1-13(14-8-4-3-5-9-14)17-11-7-6-10-15(17)12-16(18)19-2/h3-6,8-10,13,15H,7,11-12H2,1-2H3/t13-,15-/m1/s1. The lowest BCUT2D eigenvalue weighted by Crippen LogP contribution is -2.40. The second-order valence-electron chi connectivity index (χ2n) is 4.89. The Hall–Kier alpha value is -1.61. The van der Waals surface area contributed by atoms with Gasteiger partial charge in [0.15, 0.2) is 0 Å². The third-order valence-electron chi connectivity index (χ3n) is 3.72. The lowest BCUT2D eigenvalue weighted by Gasteiger charge is -2.36. The van der Waals surface area contributed by atoms with Gasteiger partial charge in [-0.05, 0) is 18.9 Å². The average molecular weight is 259 g/mol. The van der Waals surface area contributed by atoms with Gasteiger partial charge in [0.05, 0.1) is 13.5 Å². The number of rotatable bonds is 4. The molecule has 0 radical (unpaired) electrons. The van der Waals surface area contributed by atoms with Crippen molar-refractivity contribution in [1.29, 1.82) is 0 Å². The number of methoxy groups -OCH3 is 1. The van der Waals surface area contributed by atoms with E-state index in [4.69, 9.17) is 4.74 Å². The fraction of sp³-hybridized carbons (Fsp3) is 0.438. The largest absolute Gasteiger partial charge is 0.469 e. The van der Waals surface area contributed by atoms with Crippen LogP contribution in [0.25, 0.3) is 0 Å². The molecule has 0 saturated carbocycles. The fourth-order valence-corrected chi connectivity index (χ4v) is 2.60. The zero-order valence-electron chi connectivity index (χ0n) is 11.6. The van der Waals surface area contributed by atoms with Crippen molar-refractivity contribution in [3.63, 3.8) is 0 Å². The first-order valence-corrected chi connectivity index (χ1v) is 6.76. The fourth-order valence-electron chi connectivity index (χ4n) is 2.60. The summed E-state index contributed by atoms with van der Waals surface area (Å²) in [5, 5.41) is 0. The molecule has 2 atom stereocenters. The number of esters is 1. The van der Waals surface area contributed by atoms with E-state index in [0.29, 0.717) is 12.5 Å². The van der Waals surface area contributed by atoms with Gasteiger partial charge >= 0.3 is 5.97 Å². The summed E-state index contributed by atoms with van der Waals surface area (Å²) in [4.78, 5) is 13.9. The summed E-state index contributed by atoms with van der Waals surface area (Å²) in [6.07, 6.45) is 5.74. The van der Waals surface area contributed by atoms with Crippen molar-refractivity contribution in [2.45, 2.75) is 31.8 Å². The minimum atomic E-state index is -0.151. The second kappa shape index (κ2) is 6.53. The molecule has 1 aromatic rings. The summed E-state index contributed by atoms with van der Waals surface area (Å²) in [7, 11) is 1.44. The summed E-state index contributed by atoms with van der Waals surface area (Å²) >= 11 is 0. The van der Waals surface area contributed by atoms with E-state index in [1.165, 1.54) is 12.7 Å². The van der Waals surface area contributed by atoms with Crippen LogP contribution in [0, 0.1) is 0 Å². The molecule has 1 aliphatic rings. The zero-order valence-corrected chi connectivity index (χ0v) is 11.6. The Morgan fingerprint density at radius 2 is 2.16 bits per heavy atom. The van der Waals surface area contributed by atoms with E-state index >= 15 is 0 Å². The van der Waals surface area contributed by atoms with Gasteiger partial charge in [0, 0.05) is 18.6 Å². The van der Waals surface area contributed by atoms with Crippen LogP contribution in [0.2, 0.25) is 0 Å². The number of hydrogen-bond acceptors (Lipinski definition) is 3. The van der Waals surface area contributed by atoms with E-state index in [-0.39, 0.29) is 12.0 Å². The monoisotopic (exact) mass is 259 g/mol. The van der Waals surface area contributed by atoms with Crippen LogP contribution in [0.5, 0.6) is 0 Å². The van der Waals surface area contributed by atoms with Gasteiger partial charge in [0.1, 0.15) is 0 Å². The number of nitrogens with zero attached hydrogens (tertiary/aromatic N) is 1. The Morgan fingerprint density at radius 3 is 2.84 bits per heavy atom. The minimum Gasteiger partial charge on any atom is -0.469 e. The number of benzene rings is 1. The smallest absolute Gasteiger partial charge is 0.307 e. The topological polar surface area (TPSA) is 29.5 Å². The highest BCUT2D eigenvalue weighted by Gasteiger charge is 2.26. The Bertz CT molecular complexity index is 441. The average Bonchev–Trinajstić information content (AvgIpc) is 2.48. The number of carbonyl (C=O) groups is 1. The van der Waals surface area contributed by atoms with E-state index in [0.717, 1.165) is 13.0 Å². The molecule has 0 bridgehead atoms. The van der Waals surface area contributed by atoms with Crippen LogP contribution in [0.3, 0.4) is 0 Å². The molecule has 1 aromatic carbocycles. The van der Waals surface area contributed by atoms with Gasteiger partial charge in [-0.3, -0.25) is 9.69 Å².